The van der Waals surface area contributed by atoms with Crippen LogP contribution < -0.4 is 5.32 Å². The van der Waals surface area contributed by atoms with Crippen LogP contribution in [0.4, 0.5) is 13.2 Å². The Hall–Kier alpha value is -2.43. The van der Waals surface area contributed by atoms with E-state index in [4.69, 9.17) is 0 Å². The molecule has 0 saturated carbocycles. The number of halogens is 3. The van der Waals surface area contributed by atoms with E-state index in [1.165, 1.54) is 10.4 Å². The molecule has 38 heavy (non-hydrogen) atoms. The Balaban J connectivity index is 1.71. The summed E-state index contributed by atoms with van der Waals surface area (Å²) in [5, 5.41) is 3.39. The summed E-state index contributed by atoms with van der Waals surface area (Å²) in [6.07, 6.45) is -3.14. The molecular weight excluding hydrogens is 515 g/mol. The fraction of sp³-hybridized carbons (Fsp3) is 0.536. The van der Waals surface area contributed by atoms with E-state index in [1.54, 1.807) is 18.7 Å². The number of benzene rings is 2. The van der Waals surface area contributed by atoms with E-state index in [9.17, 15) is 26.4 Å². The molecule has 3 rings (SSSR count). The van der Waals surface area contributed by atoms with Crippen molar-refractivity contribution in [2.75, 3.05) is 13.1 Å². The second kappa shape index (κ2) is 12.6. The normalized spacial score (nSPS) is 16.4. The van der Waals surface area contributed by atoms with Gasteiger partial charge in [-0.2, -0.15) is 17.5 Å². The number of amides is 1. The molecule has 0 bridgehead atoms. The molecule has 1 fully saturated rings. The molecule has 6 nitrogen and oxygen atoms in total. The van der Waals surface area contributed by atoms with Crippen LogP contribution in [0.1, 0.15) is 58.1 Å². The maximum atomic E-state index is 13.5. The minimum atomic E-state index is -4.64. The number of sulfonamides is 1. The first-order valence-electron chi connectivity index (χ1n) is 13.1. The number of hydrogen-bond acceptors (Lipinski definition) is 4. The summed E-state index contributed by atoms with van der Waals surface area (Å²) in [5.74, 6) is 0.295. The summed E-state index contributed by atoms with van der Waals surface area (Å²) in [6, 6.07) is 12.5. The van der Waals surface area contributed by atoms with Gasteiger partial charge in [-0.05, 0) is 62.8 Å². The molecule has 1 saturated heterocycles. The van der Waals surface area contributed by atoms with E-state index in [0.29, 0.717) is 50.9 Å². The molecule has 2 aromatic carbocycles. The van der Waals surface area contributed by atoms with Crippen molar-refractivity contribution in [1.82, 2.24) is 14.5 Å². The Bertz CT molecular complexity index is 1160. The van der Waals surface area contributed by atoms with E-state index >= 15 is 0 Å². The molecule has 0 radical (unpaired) electrons. The fourth-order valence-corrected chi connectivity index (χ4v) is 6.92. The van der Waals surface area contributed by atoms with Gasteiger partial charge in [0.15, 0.2) is 0 Å². The van der Waals surface area contributed by atoms with E-state index in [1.807, 2.05) is 30.3 Å². The lowest BCUT2D eigenvalue weighted by Gasteiger charge is -2.40. The summed E-state index contributed by atoms with van der Waals surface area (Å²) in [6.45, 7) is 8.89. The molecule has 2 aromatic rings. The lowest BCUT2D eigenvalue weighted by Crippen LogP contribution is -2.54. The number of likely N-dealkylation sites (tertiary alicyclic amines) is 1. The van der Waals surface area contributed by atoms with Crippen molar-refractivity contribution in [3.8, 4) is 0 Å². The molecule has 1 atom stereocenters. The Kier molecular flexibility index (Phi) is 10.00. The molecule has 0 spiro atoms. The van der Waals surface area contributed by atoms with Gasteiger partial charge in [0.05, 0.1) is 16.5 Å². The van der Waals surface area contributed by atoms with Crippen molar-refractivity contribution >= 4 is 15.9 Å². The number of carbonyl (C=O) groups is 1. The number of carbonyl (C=O) groups excluding carboxylic acids is 1. The van der Waals surface area contributed by atoms with Gasteiger partial charge < -0.3 is 10.2 Å². The molecule has 0 aliphatic carbocycles. The first kappa shape index (κ1) is 30.1. The van der Waals surface area contributed by atoms with Gasteiger partial charge in [0, 0.05) is 31.7 Å². The Labute approximate surface area is 224 Å². The van der Waals surface area contributed by atoms with Crippen LogP contribution in [0, 0.1) is 5.92 Å². The quantitative estimate of drug-likeness (QED) is 0.434. The molecule has 1 heterocycles. The zero-order valence-electron chi connectivity index (χ0n) is 22.4. The second-order valence-corrected chi connectivity index (χ2v) is 12.4. The van der Waals surface area contributed by atoms with Crippen LogP contribution in [-0.2, 0) is 27.5 Å². The van der Waals surface area contributed by atoms with Crippen molar-refractivity contribution < 1.29 is 26.4 Å². The third kappa shape index (κ3) is 7.57. The van der Waals surface area contributed by atoms with Gasteiger partial charge in [-0.3, -0.25) is 4.79 Å². The molecule has 1 amide bonds. The molecule has 1 aliphatic rings. The molecule has 1 aliphatic heterocycles. The zero-order valence-corrected chi connectivity index (χ0v) is 23.2. The maximum Gasteiger partial charge on any atom is 0.416 e. The van der Waals surface area contributed by atoms with Gasteiger partial charge in [0.2, 0.25) is 15.9 Å². The minimum absolute atomic E-state index is 0.00934. The van der Waals surface area contributed by atoms with Crippen molar-refractivity contribution in [2.24, 2.45) is 5.92 Å². The SMILES string of the molecule is CC(C)CC(NCc1ccccc1)C(=O)N1CCC(N(C(C)C)S(=O)(=O)c2cccc(C(F)(F)F)c2)CC1. The lowest BCUT2D eigenvalue weighted by molar-refractivity contribution is -0.137. The predicted molar refractivity (Wildman–Crippen MR) is 142 cm³/mol. The largest absolute Gasteiger partial charge is 0.416 e. The van der Waals surface area contributed by atoms with Crippen LogP contribution in [0.2, 0.25) is 0 Å². The minimum Gasteiger partial charge on any atom is -0.341 e. The molecule has 1 N–H and O–H groups in total. The average molecular weight is 554 g/mol. The van der Waals surface area contributed by atoms with Crippen LogP contribution in [-0.4, -0.2) is 54.7 Å². The van der Waals surface area contributed by atoms with Crippen molar-refractivity contribution in [1.29, 1.82) is 0 Å². The van der Waals surface area contributed by atoms with Crippen molar-refractivity contribution in [3.05, 3.63) is 65.7 Å². The van der Waals surface area contributed by atoms with Crippen LogP contribution in [0.25, 0.3) is 0 Å². The van der Waals surface area contributed by atoms with Gasteiger partial charge in [-0.15, -0.1) is 0 Å². The van der Waals surface area contributed by atoms with Crippen molar-refractivity contribution in [2.45, 2.75) is 82.7 Å². The van der Waals surface area contributed by atoms with Crippen molar-refractivity contribution in [3.63, 3.8) is 0 Å². The van der Waals surface area contributed by atoms with E-state index in [0.717, 1.165) is 17.7 Å². The maximum absolute atomic E-state index is 13.5. The van der Waals surface area contributed by atoms with Gasteiger partial charge >= 0.3 is 6.18 Å². The van der Waals surface area contributed by atoms with E-state index < -0.39 is 33.8 Å². The number of rotatable bonds is 10. The van der Waals surface area contributed by atoms with Gasteiger partial charge in [-0.25, -0.2) is 8.42 Å². The molecule has 1 unspecified atom stereocenters. The lowest BCUT2D eigenvalue weighted by atomic mass is 9.99. The predicted octanol–water partition coefficient (Wildman–Crippen LogP) is 5.30. The first-order valence-corrected chi connectivity index (χ1v) is 14.5. The monoisotopic (exact) mass is 553 g/mol. The summed E-state index contributed by atoms with van der Waals surface area (Å²) in [5.41, 5.74) is 0.0852. The summed E-state index contributed by atoms with van der Waals surface area (Å²) in [4.78, 5) is 14.8. The zero-order chi connectivity index (χ0) is 28.1. The third-order valence-electron chi connectivity index (χ3n) is 6.78. The van der Waals surface area contributed by atoms with Crippen LogP contribution in [0.15, 0.2) is 59.5 Å². The number of nitrogens with one attached hydrogen (secondary N) is 1. The number of alkyl halides is 3. The number of hydrogen-bond donors (Lipinski definition) is 1. The fourth-order valence-electron chi connectivity index (χ4n) is 4.99. The smallest absolute Gasteiger partial charge is 0.341 e. The van der Waals surface area contributed by atoms with Gasteiger partial charge in [0.1, 0.15) is 0 Å². The third-order valence-corrected chi connectivity index (χ3v) is 8.91. The highest BCUT2D eigenvalue weighted by atomic mass is 32.2. The highest BCUT2D eigenvalue weighted by Crippen LogP contribution is 2.33. The summed E-state index contributed by atoms with van der Waals surface area (Å²) < 4.78 is 68.0. The number of piperidine rings is 1. The second-order valence-electron chi connectivity index (χ2n) is 10.6. The standard InChI is InChI=1S/C28H38F3N3O3S/c1-20(2)17-26(32-19-22-9-6-5-7-10-22)27(35)33-15-13-24(14-16-33)34(21(3)4)38(36,37)25-12-8-11-23(18-25)28(29,30)31/h5-12,18,20-21,24,26,32H,13-17,19H2,1-4H3. The number of nitrogens with zero attached hydrogens (tertiary/aromatic N) is 2. The molecule has 10 heteroatoms. The first-order chi connectivity index (χ1) is 17.8. The highest BCUT2D eigenvalue weighted by Gasteiger charge is 2.39. The van der Waals surface area contributed by atoms with E-state index in [2.05, 4.69) is 19.2 Å². The highest BCUT2D eigenvalue weighted by molar-refractivity contribution is 7.89. The average Bonchev–Trinajstić information content (AvgIpc) is 2.86. The van der Waals surface area contributed by atoms with Crippen LogP contribution in [0.3, 0.4) is 0 Å². The van der Waals surface area contributed by atoms with Gasteiger partial charge in [-0.1, -0.05) is 50.2 Å². The van der Waals surface area contributed by atoms with Gasteiger partial charge in [0.25, 0.3) is 0 Å². The van der Waals surface area contributed by atoms with E-state index in [-0.39, 0.29) is 16.8 Å². The molecule has 0 aromatic heterocycles. The molecule has 210 valence electrons. The Morgan fingerprint density at radius 1 is 1.03 bits per heavy atom. The Morgan fingerprint density at radius 3 is 2.21 bits per heavy atom. The topological polar surface area (TPSA) is 69.7 Å². The summed E-state index contributed by atoms with van der Waals surface area (Å²) in [7, 11) is -4.17. The van der Waals surface area contributed by atoms with Crippen LogP contribution >= 0.6 is 0 Å². The van der Waals surface area contributed by atoms with Crippen LogP contribution in [0.5, 0.6) is 0 Å². The summed E-state index contributed by atoms with van der Waals surface area (Å²) >= 11 is 0. The molecular formula is C28H38F3N3O3S. The Morgan fingerprint density at radius 2 is 1.66 bits per heavy atom.